The summed E-state index contributed by atoms with van der Waals surface area (Å²) in [5, 5.41) is 3.67. The van der Waals surface area contributed by atoms with Crippen LogP contribution >= 0.6 is 0 Å². The van der Waals surface area contributed by atoms with Gasteiger partial charge in [0.15, 0.2) is 0 Å². The van der Waals surface area contributed by atoms with Gasteiger partial charge in [0.2, 0.25) is 0 Å². The highest BCUT2D eigenvalue weighted by Gasteiger charge is 2.19. The molecule has 122 valence electrons. The summed E-state index contributed by atoms with van der Waals surface area (Å²) in [6.45, 7) is 7.23. The Bertz CT molecular complexity index is 640. The van der Waals surface area contributed by atoms with Crippen LogP contribution in [0.1, 0.15) is 29.5 Å². The van der Waals surface area contributed by atoms with Gasteiger partial charge in [-0.3, -0.25) is 4.90 Å². The Kier molecular flexibility index (Phi) is 4.97. The molecule has 1 saturated heterocycles. The van der Waals surface area contributed by atoms with Gasteiger partial charge >= 0.3 is 0 Å². The molecule has 1 fully saturated rings. The monoisotopic (exact) mass is 312 g/mol. The van der Waals surface area contributed by atoms with Crippen LogP contribution in [-0.4, -0.2) is 24.0 Å². The second kappa shape index (κ2) is 7.14. The van der Waals surface area contributed by atoms with E-state index in [4.69, 9.17) is 0 Å². The molecule has 2 aromatic rings. The third-order valence-electron chi connectivity index (χ3n) is 4.48. The van der Waals surface area contributed by atoms with Crippen LogP contribution in [0, 0.1) is 19.7 Å². The predicted octanol–water partition coefficient (Wildman–Crippen LogP) is 4.52. The Hall–Kier alpha value is -1.87. The molecule has 0 radical (unpaired) electrons. The fourth-order valence-electron chi connectivity index (χ4n) is 3.42. The summed E-state index contributed by atoms with van der Waals surface area (Å²) in [6.07, 6.45) is 2.25. The molecule has 0 spiro atoms. The number of nitrogens with one attached hydrogen (secondary N) is 1. The molecule has 1 aliphatic rings. The van der Waals surface area contributed by atoms with Gasteiger partial charge in [0.05, 0.1) is 0 Å². The van der Waals surface area contributed by atoms with E-state index in [1.165, 1.54) is 22.9 Å². The summed E-state index contributed by atoms with van der Waals surface area (Å²) < 4.78 is 13.3. The van der Waals surface area contributed by atoms with Gasteiger partial charge in [0.1, 0.15) is 5.82 Å². The fourth-order valence-corrected chi connectivity index (χ4v) is 3.42. The summed E-state index contributed by atoms with van der Waals surface area (Å²) >= 11 is 0. The molecule has 0 saturated carbocycles. The largest absolute Gasteiger partial charge is 0.382 e. The highest BCUT2D eigenvalue weighted by atomic mass is 19.1. The lowest BCUT2D eigenvalue weighted by Crippen LogP contribution is -2.38. The zero-order valence-electron chi connectivity index (χ0n) is 14.0. The second-order valence-corrected chi connectivity index (χ2v) is 6.70. The molecule has 1 N–H and O–H groups in total. The molecule has 3 rings (SSSR count). The minimum atomic E-state index is -0.145. The number of likely N-dealkylation sites (tertiary alicyclic amines) is 1. The van der Waals surface area contributed by atoms with Crippen molar-refractivity contribution in [3.63, 3.8) is 0 Å². The summed E-state index contributed by atoms with van der Waals surface area (Å²) in [6, 6.07) is 14.1. The summed E-state index contributed by atoms with van der Waals surface area (Å²) in [4.78, 5) is 2.41. The van der Waals surface area contributed by atoms with Crippen LogP contribution in [-0.2, 0) is 6.54 Å². The quantitative estimate of drug-likeness (QED) is 0.893. The van der Waals surface area contributed by atoms with E-state index in [-0.39, 0.29) is 5.82 Å². The van der Waals surface area contributed by atoms with Gasteiger partial charge in [-0.1, -0.05) is 18.2 Å². The fraction of sp³-hybridized carbons (Fsp3) is 0.400. The van der Waals surface area contributed by atoms with Gasteiger partial charge in [-0.2, -0.15) is 0 Å². The molecule has 3 heteroatoms. The average molecular weight is 312 g/mol. The van der Waals surface area contributed by atoms with Crippen LogP contribution in [0.25, 0.3) is 0 Å². The number of nitrogens with zero attached hydrogens (tertiary/aromatic N) is 1. The first-order chi connectivity index (χ1) is 11.1. The second-order valence-electron chi connectivity index (χ2n) is 6.70. The topological polar surface area (TPSA) is 15.3 Å². The first-order valence-corrected chi connectivity index (χ1v) is 8.40. The van der Waals surface area contributed by atoms with Crippen molar-refractivity contribution in [2.24, 2.45) is 0 Å². The number of piperidine rings is 1. The number of hydrogen-bond donors (Lipinski definition) is 1. The summed E-state index contributed by atoms with van der Waals surface area (Å²) in [5.74, 6) is -0.145. The third-order valence-corrected chi connectivity index (χ3v) is 4.48. The van der Waals surface area contributed by atoms with Crippen molar-refractivity contribution in [3.8, 4) is 0 Å². The molecule has 0 atom stereocenters. The van der Waals surface area contributed by atoms with E-state index in [0.717, 1.165) is 38.0 Å². The van der Waals surface area contributed by atoms with Crippen LogP contribution in [0.2, 0.25) is 0 Å². The van der Waals surface area contributed by atoms with Crippen LogP contribution in [0.4, 0.5) is 10.1 Å². The molecule has 1 aliphatic heterocycles. The van der Waals surface area contributed by atoms with Crippen molar-refractivity contribution in [1.29, 1.82) is 0 Å². The lowest BCUT2D eigenvalue weighted by atomic mass is 10.0. The third kappa shape index (κ3) is 4.55. The van der Waals surface area contributed by atoms with E-state index in [1.54, 1.807) is 12.1 Å². The van der Waals surface area contributed by atoms with E-state index in [0.29, 0.717) is 6.04 Å². The highest BCUT2D eigenvalue weighted by Crippen LogP contribution is 2.20. The van der Waals surface area contributed by atoms with Crippen molar-refractivity contribution < 1.29 is 4.39 Å². The first-order valence-electron chi connectivity index (χ1n) is 8.40. The van der Waals surface area contributed by atoms with E-state index in [1.807, 2.05) is 6.07 Å². The molecular weight excluding hydrogens is 287 g/mol. The van der Waals surface area contributed by atoms with Crippen LogP contribution in [0.5, 0.6) is 0 Å². The Labute approximate surface area is 138 Å². The predicted molar refractivity (Wildman–Crippen MR) is 94.2 cm³/mol. The molecular formula is C20H25FN2. The molecule has 2 nitrogen and oxygen atoms in total. The highest BCUT2D eigenvalue weighted by molar-refractivity contribution is 5.49. The van der Waals surface area contributed by atoms with Crippen molar-refractivity contribution >= 4 is 5.69 Å². The maximum absolute atomic E-state index is 13.3. The zero-order chi connectivity index (χ0) is 16.2. The van der Waals surface area contributed by atoms with Crippen molar-refractivity contribution in [2.75, 3.05) is 18.4 Å². The van der Waals surface area contributed by atoms with Crippen molar-refractivity contribution in [1.82, 2.24) is 4.90 Å². The minimum absolute atomic E-state index is 0.145. The number of halogens is 1. The van der Waals surface area contributed by atoms with Gasteiger partial charge in [-0.15, -0.1) is 0 Å². The zero-order valence-corrected chi connectivity index (χ0v) is 14.0. The van der Waals surface area contributed by atoms with E-state index >= 15 is 0 Å². The van der Waals surface area contributed by atoms with E-state index in [9.17, 15) is 4.39 Å². The average Bonchev–Trinajstić information content (AvgIpc) is 2.48. The SMILES string of the molecule is Cc1cc(C)cc(NC2CCN(Cc3cccc(F)c3)CC2)c1. The van der Waals surface area contributed by atoms with E-state index < -0.39 is 0 Å². The molecule has 0 amide bonds. The van der Waals surface area contributed by atoms with Crippen LogP contribution in [0.15, 0.2) is 42.5 Å². The van der Waals surface area contributed by atoms with Crippen LogP contribution in [0.3, 0.4) is 0 Å². The molecule has 2 aromatic carbocycles. The normalized spacial score (nSPS) is 16.5. The minimum Gasteiger partial charge on any atom is -0.382 e. The Balaban J connectivity index is 1.52. The number of anilines is 1. The summed E-state index contributed by atoms with van der Waals surface area (Å²) in [5.41, 5.74) is 4.89. The molecule has 0 aromatic heterocycles. The van der Waals surface area contributed by atoms with Gasteiger partial charge < -0.3 is 5.32 Å². The lowest BCUT2D eigenvalue weighted by Gasteiger charge is -2.33. The first kappa shape index (κ1) is 16.0. The number of benzene rings is 2. The Morgan fingerprint density at radius 3 is 2.39 bits per heavy atom. The Morgan fingerprint density at radius 1 is 1.04 bits per heavy atom. The molecule has 0 bridgehead atoms. The van der Waals surface area contributed by atoms with Crippen molar-refractivity contribution in [3.05, 3.63) is 65.0 Å². The number of hydrogen-bond acceptors (Lipinski definition) is 2. The molecule has 1 heterocycles. The van der Waals surface area contributed by atoms with Crippen molar-refractivity contribution in [2.45, 2.75) is 39.3 Å². The maximum atomic E-state index is 13.3. The van der Waals surface area contributed by atoms with Crippen LogP contribution < -0.4 is 5.32 Å². The smallest absolute Gasteiger partial charge is 0.123 e. The van der Waals surface area contributed by atoms with Gasteiger partial charge in [-0.05, 0) is 67.6 Å². The number of rotatable bonds is 4. The molecule has 0 aliphatic carbocycles. The number of aryl methyl sites for hydroxylation is 2. The molecule has 23 heavy (non-hydrogen) atoms. The molecule has 0 unspecified atom stereocenters. The lowest BCUT2D eigenvalue weighted by molar-refractivity contribution is 0.211. The Morgan fingerprint density at radius 2 is 1.74 bits per heavy atom. The van der Waals surface area contributed by atoms with Gasteiger partial charge in [0.25, 0.3) is 0 Å². The van der Waals surface area contributed by atoms with Gasteiger partial charge in [-0.25, -0.2) is 4.39 Å². The van der Waals surface area contributed by atoms with Gasteiger partial charge in [0, 0.05) is 31.4 Å². The maximum Gasteiger partial charge on any atom is 0.123 e. The summed E-state index contributed by atoms with van der Waals surface area (Å²) in [7, 11) is 0. The van der Waals surface area contributed by atoms with E-state index in [2.05, 4.69) is 42.3 Å². The standard InChI is InChI=1S/C20H25FN2/c1-15-10-16(2)12-20(11-15)22-19-6-8-23(9-7-19)14-17-4-3-5-18(21)13-17/h3-5,10-13,19,22H,6-9,14H2,1-2H3.